The van der Waals surface area contributed by atoms with Gasteiger partial charge in [-0.1, -0.05) is 35.5 Å². The second-order valence-electron chi connectivity index (χ2n) is 4.70. The third-order valence-corrected chi connectivity index (χ3v) is 4.31. The van der Waals surface area contributed by atoms with Crippen LogP contribution in [0.15, 0.2) is 52.1 Å². The molecule has 8 nitrogen and oxygen atoms in total. The van der Waals surface area contributed by atoms with Crippen molar-refractivity contribution in [3.8, 4) is 17.1 Å². The first-order valence-corrected chi connectivity index (χ1v) is 8.11. The number of hydrogen-bond donors (Lipinski definition) is 1. The van der Waals surface area contributed by atoms with Gasteiger partial charge in [0.05, 0.1) is 7.11 Å². The maximum Gasteiger partial charge on any atom is 0.299 e. The standard InChI is InChI=1S/C14H14N4O4S/c1-18-13(21-2)9-12(15-18)17-23(19,20)14-8-11(16-22-14)10-6-4-3-5-7-10/h3-9H,1-2H3,(H,15,17). The maximum atomic E-state index is 12.3. The number of rotatable bonds is 5. The lowest BCUT2D eigenvalue weighted by molar-refractivity contribution is 0.341. The summed E-state index contributed by atoms with van der Waals surface area (Å²) in [5, 5.41) is 7.49. The predicted molar refractivity (Wildman–Crippen MR) is 82.5 cm³/mol. The smallest absolute Gasteiger partial charge is 0.299 e. The molecule has 0 radical (unpaired) electrons. The van der Waals surface area contributed by atoms with Gasteiger partial charge < -0.3 is 9.26 Å². The summed E-state index contributed by atoms with van der Waals surface area (Å²) in [5.74, 6) is 0.548. The van der Waals surface area contributed by atoms with Crippen molar-refractivity contribution in [3.63, 3.8) is 0 Å². The molecule has 0 saturated carbocycles. The lowest BCUT2D eigenvalue weighted by atomic mass is 10.2. The van der Waals surface area contributed by atoms with Crippen molar-refractivity contribution in [2.75, 3.05) is 11.8 Å². The minimum atomic E-state index is -3.92. The van der Waals surface area contributed by atoms with Crippen LogP contribution in [-0.4, -0.2) is 30.5 Å². The Hall–Kier alpha value is -2.81. The maximum absolute atomic E-state index is 12.3. The van der Waals surface area contributed by atoms with E-state index in [1.165, 1.54) is 23.9 Å². The number of benzene rings is 1. The summed E-state index contributed by atoms with van der Waals surface area (Å²) >= 11 is 0. The van der Waals surface area contributed by atoms with Gasteiger partial charge in [-0.2, -0.15) is 13.5 Å². The summed E-state index contributed by atoms with van der Waals surface area (Å²) in [4.78, 5) is 0. The topological polar surface area (TPSA) is 99.2 Å². The highest BCUT2D eigenvalue weighted by Gasteiger charge is 2.22. The van der Waals surface area contributed by atoms with Crippen LogP contribution in [0, 0.1) is 0 Å². The van der Waals surface area contributed by atoms with Crippen LogP contribution in [0.5, 0.6) is 5.88 Å². The van der Waals surface area contributed by atoms with Gasteiger partial charge in [0.15, 0.2) is 5.82 Å². The Kier molecular flexibility index (Phi) is 3.78. The van der Waals surface area contributed by atoms with Crippen molar-refractivity contribution in [3.05, 3.63) is 42.5 Å². The number of nitrogens with zero attached hydrogens (tertiary/aromatic N) is 3. The molecule has 9 heteroatoms. The summed E-state index contributed by atoms with van der Waals surface area (Å²) < 4.78 is 38.4. The Morgan fingerprint density at radius 1 is 1.22 bits per heavy atom. The van der Waals surface area contributed by atoms with Crippen LogP contribution in [0.25, 0.3) is 11.3 Å². The predicted octanol–water partition coefficient (Wildman–Crippen LogP) is 1.88. The van der Waals surface area contributed by atoms with Crippen LogP contribution < -0.4 is 9.46 Å². The van der Waals surface area contributed by atoms with Crippen LogP contribution in [0.4, 0.5) is 5.82 Å². The molecule has 0 fully saturated rings. The molecular weight excluding hydrogens is 320 g/mol. The van der Waals surface area contributed by atoms with Gasteiger partial charge in [-0.25, -0.2) is 4.68 Å². The minimum absolute atomic E-state index is 0.127. The summed E-state index contributed by atoms with van der Waals surface area (Å²) in [6.45, 7) is 0. The zero-order valence-electron chi connectivity index (χ0n) is 12.4. The second kappa shape index (κ2) is 5.76. The van der Waals surface area contributed by atoms with E-state index in [1.54, 1.807) is 7.05 Å². The Bertz CT molecular complexity index is 915. The zero-order chi connectivity index (χ0) is 16.4. The normalized spacial score (nSPS) is 11.4. The highest BCUT2D eigenvalue weighted by Crippen LogP contribution is 2.23. The van der Waals surface area contributed by atoms with Gasteiger partial charge in [0, 0.05) is 24.7 Å². The number of nitrogens with one attached hydrogen (secondary N) is 1. The van der Waals surface area contributed by atoms with Gasteiger partial charge in [-0.05, 0) is 0 Å². The quantitative estimate of drug-likeness (QED) is 0.765. The van der Waals surface area contributed by atoms with Crippen LogP contribution in [-0.2, 0) is 17.1 Å². The molecule has 0 amide bonds. The number of sulfonamides is 1. The minimum Gasteiger partial charge on any atom is -0.481 e. The van der Waals surface area contributed by atoms with Crippen molar-refractivity contribution >= 4 is 15.8 Å². The van der Waals surface area contributed by atoms with Crippen molar-refractivity contribution in [2.24, 2.45) is 7.05 Å². The Morgan fingerprint density at radius 2 is 1.96 bits per heavy atom. The molecule has 3 aromatic rings. The third-order valence-electron chi connectivity index (χ3n) is 3.11. The van der Waals surface area contributed by atoms with Gasteiger partial charge in [-0.15, -0.1) is 0 Å². The third kappa shape index (κ3) is 3.04. The molecule has 0 bridgehead atoms. The summed E-state index contributed by atoms with van der Waals surface area (Å²) in [6, 6.07) is 12.0. The molecule has 23 heavy (non-hydrogen) atoms. The van der Waals surface area contributed by atoms with Crippen molar-refractivity contribution in [2.45, 2.75) is 5.09 Å². The second-order valence-corrected chi connectivity index (χ2v) is 6.31. The molecule has 0 aliphatic heterocycles. The molecule has 1 N–H and O–H groups in total. The zero-order valence-corrected chi connectivity index (χ0v) is 13.2. The van der Waals surface area contributed by atoms with E-state index in [2.05, 4.69) is 15.0 Å². The van der Waals surface area contributed by atoms with Crippen molar-refractivity contribution in [1.29, 1.82) is 0 Å². The van der Waals surface area contributed by atoms with Gasteiger partial charge in [-0.3, -0.25) is 4.72 Å². The number of methoxy groups -OCH3 is 1. The monoisotopic (exact) mass is 334 g/mol. The van der Waals surface area contributed by atoms with Crippen LogP contribution >= 0.6 is 0 Å². The fraction of sp³-hybridized carbons (Fsp3) is 0.143. The Balaban J connectivity index is 1.87. The van der Waals surface area contributed by atoms with Crippen molar-refractivity contribution < 1.29 is 17.7 Å². The molecular formula is C14H14N4O4S. The van der Waals surface area contributed by atoms with E-state index >= 15 is 0 Å². The lowest BCUT2D eigenvalue weighted by Gasteiger charge is -1.99. The molecule has 0 atom stereocenters. The molecule has 0 saturated heterocycles. The average Bonchev–Trinajstić information content (AvgIpc) is 3.15. The summed E-state index contributed by atoms with van der Waals surface area (Å²) in [7, 11) is -0.815. The first kappa shape index (κ1) is 15.1. The van der Waals surface area contributed by atoms with E-state index in [0.717, 1.165) is 5.56 Å². The fourth-order valence-corrected chi connectivity index (χ4v) is 2.89. The van der Waals surface area contributed by atoms with Crippen LogP contribution in [0.2, 0.25) is 0 Å². The molecule has 0 aliphatic rings. The lowest BCUT2D eigenvalue weighted by Crippen LogP contribution is -2.12. The highest BCUT2D eigenvalue weighted by atomic mass is 32.2. The van der Waals surface area contributed by atoms with Gasteiger partial charge in [0.25, 0.3) is 15.1 Å². The summed E-state index contributed by atoms with van der Waals surface area (Å²) in [6.07, 6.45) is 0. The summed E-state index contributed by atoms with van der Waals surface area (Å²) in [5.41, 5.74) is 1.20. The van der Waals surface area contributed by atoms with E-state index in [9.17, 15) is 8.42 Å². The SMILES string of the molecule is COc1cc(NS(=O)(=O)c2cc(-c3ccccc3)no2)nn1C. The molecule has 120 valence electrons. The van der Waals surface area contributed by atoms with Crippen LogP contribution in [0.1, 0.15) is 0 Å². The van der Waals surface area contributed by atoms with Gasteiger partial charge in [0.2, 0.25) is 5.88 Å². The molecule has 2 heterocycles. The average molecular weight is 334 g/mol. The van der Waals surface area contributed by atoms with Gasteiger partial charge >= 0.3 is 0 Å². The first-order chi connectivity index (χ1) is 11.0. The Labute approximate surface area is 132 Å². The number of anilines is 1. The largest absolute Gasteiger partial charge is 0.481 e. The number of aryl methyl sites for hydroxylation is 1. The van der Waals surface area contributed by atoms with E-state index in [1.807, 2.05) is 30.3 Å². The molecule has 0 unspecified atom stereocenters. The van der Waals surface area contributed by atoms with Crippen molar-refractivity contribution in [1.82, 2.24) is 14.9 Å². The van der Waals surface area contributed by atoms with E-state index in [-0.39, 0.29) is 10.9 Å². The van der Waals surface area contributed by atoms with E-state index in [0.29, 0.717) is 11.6 Å². The van der Waals surface area contributed by atoms with Gasteiger partial charge in [0.1, 0.15) is 5.69 Å². The molecule has 2 aromatic heterocycles. The Morgan fingerprint density at radius 3 is 2.61 bits per heavy atom. The van der Waals surface area contributed by atoms with Crippen LogP contribution in [0.3, 0.4) is 0 Å². The highest BCUT2D eigenvalue weighted by molar-refractivity contribution is 7.92. The van der Waals surface area contributed by atoms with E-state index < -0.39 is 10.0 Å². The molecule has 0 spiro atoms. The number of ether oxygens (including phenoxy) is 1. The first-order valence-electron chi connectivity index (χ1n) is 6.62. The number of aromatic nitrogens is 3. The molecule has 0 aliphatic carbocycles. The van der Waals surface area contributed by atoms with E-state index in [4.69, 9.17) is 9.26 Å². The molecule has 3 rings (SSSR count). The number of hydrogen-bond acceptors (Lipinski definition) is 6. The fourth-order valence-electron chi connectivity index (χ4n) is 2.01. The molecule has 1 aromatic carbocycles.